The monoisotopic (exact) mass is 436 g/mol. The summed E-state index contributed by atoms with van der Waals surface area (Å²) in [5.41, 5.74) is 1.97. The van der Waals surface area contributed by atoms with Crippen LogP contribution in [0, 0.1) is 0 Å². The number of nitrogens with zero attached hydrogens (tertiary/aromatic N) is 1. The molecule has 3 rings (SSSR count). The van der Waals surface area contributed by atoms with E-state index in [1.54, 1.807) is 56.5 Å². The average molecular weight is 437 g/mol. The zero-order chi connectivity index (χ0) is 22.3. The molecule has 3 aromatic carbocycles. The van der Waals surface area contributed by atoms with Crippen LogP contribution in [0.4, 0.5) is 11.4 Å². The van der Waals surface area contributed by atoms with Crippen molar-refractivity contribution in [1.29, 1.82) is 0 Å². The van der Waals surface area contributed by atoms with Gasteiger partial charge in [0.25, 0.3) is 10.0 Å². The van der Waals surface area contributed by atoms with E-state index in [0.717, 1.165) is 11.3 Å². The fraction of sp³-hybridized carbons (Fsp3) is 0.125. The topological polar surface area (TPSA) is 75.7 Å². The molecule has 0 bridgehead atoms. The van der Waals surface area contributed by atoms with Crippen molar-refractivity contribution < 1.29 is 17.9 Å². The Morgan fingerprint density at radius 2 is 1.61 bits per heavy atom. The number of rotatable bonds is 8. The van der Waals surface area contributed by atoms with Gasteiger partial charge in [-0.2, -0.15) is 0 Å². The minimum absolute atomic E-state index is 0.157. The lowest BCUT2D eigenvalue weighted by Crippen LogP contribution is -2.30. The lowest BCUT2D eigenvalue weighted by molar-refractivity contribution is -0.111. The molecule has 160 valence electrons. The fourth-order valence-corrected chi connectivity index (χ4v) is 4.47. The smallest absolute Gasteiger partial charge is 0.264 e. The normalized spacial score (nSPS) is 11.3. The average Bonchev–Trinajstić information content (AvgIpc) is 2.79. The SMILES string of the molecule is CCN(c1ccccc1)S(=O)(=O)c1ccc(NC(=O)C=Cc2ccc(OC)cc2)cc1. The van der Waals surface area contributed by atoms with Crippen molar-refractivity contribution in [2.75, 3.05) is 23.3 Å². The number of para-hydroxylation sites is 1. The van der Waals surface area contributed by atoms with Crippen molar-refractivity contribution in [3.8, 4) is 5.75 Å². The molecule has 0 aromatic heterocycles. The zero-order valence-electron chi connectivity index (χ0n) is 17.4. The van der Waals surface area contributed by atoms with Gasteiger partial charge in [-0.25, -0.2) is 8.42 Å². The van der Waals surface area contributed by atoms with Crippen molar-refractivity contribution in [2.45, 2.75) is 11.8 Å². The van der Waals surface area contributed by atoms with Crippen LogP contribution < -0.4 is 14.4 Å². The maximum Gasteiger partial charge on any atom is 0.264 e. The summed E-state index contributed by atoms with van der Waals surface area (Å²) in [6, 6.07) is 22.4. The highest BCUT2D eigenvalue weighted by molar-refractivity contribution is 7.92. The molecule has 1 amide bonds. The molecule has 0 unspecified atom stereocenters. The maximum absolute atomic E-state index is 13.0. The van der Waals surface area contributed by atoms with Gasteiger partial charge in [-0.05, 0) is 67.1 Å². The van der Waals surface area contributed by atoms with Crippen LogP contribution in [0.1, 0.15) is 12.5 Å². The zero-order valence-corrected chi connectivity index (χ0v) is 18.2. The molecule has 0 aliphatic carbocycles. The Morgan fingerprint density at radius 3 is 2.19 bits per heavy atom. The van der Waals surface area contributed by atoms with Gasteiger partial charge in [0.05, 0.1) is 17.7 Å². The number of amides is 1. The van der Waals surface area contributed by atoms with Crippen molar-refractivity contribution in [1.82, 2.24) is 0 Å². The summed E-state index contributed by atoms with van der Waals surface area (Å²) >= 11 is 0. The van der Waals surface area contributed by atoms with Crippen LogP contribution in [-0.4, -0.2) is 28.0 Å². The van der Waals surface area contributed by atoms with Crippen LogP contribution in [0.3, 0.4) is 0 Å². The van der Waals surface area contributed by atoms with Crippen LogP contribution in [0.25, 0.3) is 6.08 Å². The third-order valence-electron chi connectivity index (χ3n) is 4.58. The largest absolute Gasteiger partial charge is 0.497 e. The van der Waals surface area contributed by atoms with E-state index in [1.807, 2.05) is 30.3 Å². The van der Waals surface area contributed by atoms with Crippen LogP contribution >= 0.6 is 0 Å². The summed E-state index contributed by atoms with van der Waals surface area (Å²) < 4.78 is 32.5. The summed E-state index contributed by atoms with van der Waals surface area (Å²) in [7, 11) is -2.11. The molecule has 0 saturated heterocycles. The first-order valence-electron chi connectivity index (χ1n) is 9.75. The standard InChI is InChI=1S/C24H24N2O4S/c1-3-26(21-7-5-4-6-8-21)31(28,29)23-16-12-20(13-17-23)25-24(27)18-11-19-9-14-22(30-2)15-10-19/h4-18H,3H2,1-2H3,(H,25,27). The van der Waals surface area contributed by atoms with Gasteiger partial charge in [0.2, 0.25) is 5.91 Å². The van der Waals surface area contributed by atoms with E-state index in [0.29, 0.717) is 17.9 Å². The van der Waals surface area contributed by atoms with Crippen LogP contribution in [0.15, 0.2) is 89.8 Å². The second-order valence-corrected chi connectivity index (χ2v) is 8.49. The lowest BCUT2D eigenvalue weighted by atomic mass is 10.2. The van der Waals surface area contributed by atoms with Gasteiger partial charge in [-0.15, -0.1) is 0 Å². The first-order valence-corrected chi connectivity index (χ1v) is 11.2. The molecule has 0 aliphatic heterocycles. The second-order valence-electron chi connectivity index (χ2n) is 6.63. The predicted molar refractivity (Wildman–Crippen MR) is 124 cm³/mol. The molecule has 0 radical (unpaired) electrons. The molecule has 0 fully saturated rings. The van der Waals surface area contributed by atoms with Crippen LogP contribution in [-0.2, 0) is 14.8 Å². The highest BCUT2D eigenvalue weighted by atomic mass is 32.2. The highest BCUT2D eigenvalue weighted by Gasteiger charge is 2.23. The minimum atomic E-state index is -3.71. The van der Waals surface area contributed by atoms with E-state index in [2.05, 4.69) is 5.32 Å². The molecule has 0 aliphatic rings. The van der Waals surface area contributed by atoms with E-state index in [1.165, 1.54) is 22.5 Å². The number of benzene rings is 3. The number of anilines is 2. The van der Waals surface area contributed by atoms with E-state index >= 15 is 0 Å². The van der Waals surface area contributed by atoms with E-state index in [9.17, 15) is 13.2 Å². The molecule has 0 spiro atoms. The number of ether oxygens (including phenoxy) is 1. The molecule has 7 heteroatoms. The molecular formula is C24H24N2O4S. The first kappa shape index (κ1) is 22.1. The van der Waals surface area contributed by atoms with Crippen molar-refractivity contribution in [3.63, 3.8) is 0 Å². The molecule has 0 heterocycles. The van der Waals surface area contributed by atoms with E-state index < -0.39 is 10.0 Å². The summed E-state index contributed by atoms with van der Waals surface area (Å²) in [6.45, 7) is 2.09. The Labute approximate surface area is 182 Å². The quantitative estimate of drug-likeness (QED) is 0.525. The number of carbonyl (C=O) groups is 1. The van der Waals surface area contributed by atoms with Gasteiger partial charge in [-0.1, -0.05) is 30.3 Å². The Morgan fingerprint density at radius 1 is 0.968 bits per heavy atom. The van der Waals surface area contributed by atoms with Gasteiger partial charge < -0.3 is 10.1 Å². The van der Waals surface area contributed by atoms with Gasteiger partial charge in [0, 0.05) is 18.3 Å². The highest BCUT2D eigenvalue weighted by Crippen LogP contribution is 2.24. The van der Waals surface area contributed by atoms with Crippen molar-refractivity contribution in [3.05, 3.63) is 90.5 Å². The molecule has 0 saturated carbocycles. The minimum Gasteiger partial charge on any atom is -0.497 e. The van der Waals surface area contributed by atoms with Crippen molar-refractivity contribution in [2.24, 2.45) is 0 Å². The third kappa shape index (κ3) is 5.52. The maximum atomic E-state index is 13.0. The van der Waals surface area contributed by atoms with Gasteiger partial charge >= 0.3 is 0 Å². The van der Waals surface area contributed by atoms with Gasteiger partial charge in [0.1, 0.15) is 5.75 Å². The molecule has 0 atom stereocenters. The molecule has 6 nitrogen and oxygen atoms in total. The lowest BCUT2D eigenvalue weighted by Gasteiger charge is -2.23. The Kier molecular flexibility index (Phi) is 7.10. The van der Waals surface area contributed by atoms with E-state index in [-0.39, 0.29) is 10.8 Å². The third-order valence-corrected chi connectivity index (χ3v) is 6.50. The summed E-state index contributed by atoms with van der Waals surface area (Å²) in [6.07, 6.45) is 3.10. The summed E-state index contributed by atoms with van der Waals surface area (Å²) in [4.78, 5) is 12.3. The Bertz CT molecular complexity index is 1140. The van der Waals surface area contributed by atoms with E-state index in [4.69, 9.17) is 4.74 Å². The number of hydrogen-bond acceptors (Lipinski definition) is 4. The Balaban J connectivity index is 1.69. The number of hydrogen-bond donors (Lipinski definition) is 1. The molecule has 1 N–H and O–H groups in total. The Hall–Kier alpha value is -3.58. The number of methoxy groups -OCH3 is 1. The van der Waals surface area contributed by atoms with Crippen LogP contribution in [0.5, 0.6) is 5.75 Å². The summed E-state index contributed by atoms with van der Waals surface area (Å²) in [5.74, 6) is 0.427. The predicted octanol–water partition coefficient (Wildman–Crippen LogP) is 4.56. The summed E-state index contributed by atoms with van der Waals surface area (Å²) in [5, 5.41) is 2.73. The van der Waals surface area contributed by atoms with Crippen LogP contribution in [0.2, 0.25) is 0 Å². The fourth-order valence-electron chi connectivity index (χ4n) is 2.99. The molecular weight excluding hydrogens is 412 g/mol. The number of sulfonamides is 1. The second kappa shape index (κ2) is 9.95. The van der Waals surface area contributed by atoms with Gasteiger partial charge in [0.15, 0.2) is 0 Å². The molecule has 31 heavy (non-hydrogen) atoms. The number of carbonyl (C=O) groups excluding carboxylic acids is 1. The molecule has 3 aromatic rings. The first-order chi connectivity index (χ1) is 14.9. The van der Waals surface area contributed by atoms with Gasteiger partial charge in [-0.3, -0.25) is 9.10 Å². The number of nitrogens with one attached hydrogen (secondary N) is 1. The van der Waals surface area contributed by atoms with Crippen molar-refractivity contribution >= 4 is 33.4 Å².